The molecule has 1 aliphatic heterocycles. The van der Waals surface area contributed by atoms with E-state index in [1.165, 1.54) is 26.7 Å². The Morgan fingerprint density at radius 1 is 0.677 bits per heavy atom. The molecule has 1 aromatic heterocycles. The topological polar surface area (TPSA) is 14.1 Å². The van der Waals surface area contributed by atoms with Crippen LogP contribution in [0, 0.1) is 34.1 Å². The van der Waals surface area contributed by atoms with Crippen LogP contribution in [-0.4, -0.2) is 5.25 Å². The first-order valence-corrected chi connectivity index (χ1v) is 10.8. The van der Waals surface area contributed by atoms with Crippen LogP contribution in [0.4, 0.5) is 0 Å². The minimum absolute atomic E-state index is 0. The molecule has 31 heavy (non-hydrogen) atoms. The minimum Gasteiger partial charge on any atom is -0.657 e. The van der Waals surface area contributed by atoms with Crippen molar-refractivity contribution in [2.75, 3.05) is 0 Å². The van der Waals surface area contributed by atoms with Crippen molar-refractivity contribution in [3.63, 3.8) is 0 Å². The molecule has 1 saturated carbocycles. The average molecular weight is 461 g/mol. The van der Waals surface area contributed by atoms with Gasteiger partial charge < -0.3 is 27.3 Å². The summed E-state index contributed by atoms with van der Waals surface area (Å²) in [4.78, 5) is 6.56. The quantitative estimate of drug-likeness (QED) is 0.211. The predicted octanol–water partition coefficient (Wildman–Crippen LogP) is 7.93. The van der Waals surface area contributed by atoms with Gasteiger partial charge >= 0.3 is 21.7 Å². The van der Waals surface area contributed by atoms with Gasteiger partial charge in [0.2, 0.25) is 0 Å². The molecule has 5 unspecified atom stereocenters. The molecule has 0 radical (unpaired) electrons. The van der Waals surface area contributed by atoms with Gasteiger partial charge in [0.15, 0.2) is 0 Å². The van der Waals surface area contributed by atoms with Gasteiger partial charge in [0.25, 0.3) is 0 Å². The van der Waals surface area contributed by atoms with Crippen LogP contribution < -0.4 is 4.98 Å². The third kappa shape index (κ3) is 3.61. The van der Waals surface area contributed by atoms with Crippen molar-refractivity contribution in [2.24, 2.45) is 11.8 Å². The molecule has 0 bridgehead atoms. The Kier molecular flexibility index (Phi) is 7.96. The number of hydrogen-bond acceptors (Lipinski definition) is 1. The van der Waals surface area contributed by atoms with Crippen LogP contribution >= 0.6 is 11.8 Å². The number of benzene rings is 3. The molecule has 1 fully saturated rings. The molecule has 158 valence electrons. The van der Waals surface area contributed by atoms with E-state index in [1.54, 1.807) is 5.56 Å². The number of fused-ring (bicyclic) bond motifs is 6. The number of para-hydroxylation sites is 2. The summed E-state index contributed by atoms with van der Waals surface area (Å²) in [5.41, 5.74) is 5.37. The van der Waals surface area contributed by atoms with Gasteiger partial charge in [-0.1, -0.05) is 80.1 Å². The molecule has 2 aliphatic rings. The molecule has 0 spiro atoms. The summed E-state index contributed by atoms with van der Waals surface area (Å²) in [6.07, 6.45) is 0. The molecule has 2 heterocycles. The van der Waals surface area contributed by atoms with Crippen LogP contribution in [0.5, 0.6) is 0 Å². The normalized spacial score (nSPS) is 25.5. The second-order valence-electron chi connectivity index (χ2n) is 8.26. The summed E-state index contributed by atoms with van der Waals surface area (Å²) in [6, 6.07) is 24.4. The maximum atomic E-state index is 5.07. The molecule has 1 nitrogen and oxygen atoms in total. The molecule has 0 saturated heterocycles. The van der Waals surface area contributed by atoms with E-state index in [-0.39, 0.29) is 44.0 Å². The van der Waals surface area contributed by atoms with Crippen molar-refractivity contribution in [2.45, 2.75) is 35.8 Å². The van der Waals surface area contributed by atoms with E-state index in [0.717, 1.165) is 5.52 Å². The van der Waals surface area contributed by atoms with Crippen molar-refractivity contribution in [3.05, 3.63) is 100 Å². The van der Waals surface area contributed by atoms with Gasteiger partial charge in [0.1, 0.15) is 0 Å². The van der Waals surface area contributed by atoms with E-state index in [9.17, 15) is 0 Å². The Hall–Kier alpha value is -1.48. The average Bonchev–Trinajstić information content (AvgIpc) is 3.32. The van der Waals surface area contributed by atoms with Crippen molar-refractivity contribution in [3.8, 4) is 0 Å². The minimum atomic E-state index is 0. The molecule has 5 atom stereocenters. The number of thioether (sulfide) groups is 1. The third-order valence-corrected chi connectivity index (χ3v) is 8.55. The van der Waals surface area contributed by atoms with Crippen molar-refractivity contribution >= 4 is 33.6 Å². The summed E-state index contributed by atoms with van der Waals surface area (Å²) < 4.78 is 0. The SMILES string of the molecule is CC1C(C)C(c2cccc3c2[n-]c2ccccc23)C2Sc3ccccc3C12.[CH3-].[CH3-].[CH3-].[Ti+4]. The molecule has 4 aromatic rings. The van der Waals surface area contributed by atoms with Crippen LogP contribution in [-0.2, 0) is 21.7 Å². The van der Waals surface area contributed by atoms with Crippen molar-refractivity contribution in [1.82, 2.24) is 4.98 Å². The third-order valence-electron chi connectivity index (χ3n) is 7.06. The first kappa shape index (κ1) is 25.8. The maximum absolute atomic E-state index is 5.07. The van der Waals surface area contributed by atoms with E-state index in [4.69, 9.17) is 4.98 Å². The van der Waals surface area contributed by atoms with Crippen LogP contribution in [0.25, 0.3) is 21.8 Å². The second-order valence-corrected chi connectivity index (χ2v) is 9.48. The molecule has 1 aliphatic carbocycles. The zero-order valence-electron chi connectivity index (χ0n) is 19.1. The Bertz CT molecular complexity index is 1180. The van der Waals surface area contributed by atoms with Crippen LogP contribution in [0.15, 0.2) is 71.6 Å². The summed E-state index contributed by atoms with van der Waals surface area (Å²) in [7, 11) is 0. The largest absolute Gasteiger partial charge is 4.00 e. The van der Waals surface area contributed by atoms with E-state index in [0.29, 0.717) is 28.9 Å². The van der Waals surface area contributed by atoms with Crippen molar-refractivity contribution < 1.29 is 21.7 Å². The number of nitrogens with zero attached hydrogens (tertiary/aromatic N) is 1. The van der Waals surface area contributed by atoms with Gasteiger partial charge in [0.05, 0.1) is 0 Å². The fourth-order valence-electron chi connectivity index (χ4n) is 5.64. The van der Waals surface area contributed by atoms with Crippen molar-refractivity contribution in [1.29, 1.82) is 0 Å². The molecule has 0 N–H and O–H groups in total. The summed E-state index contributed by atoms with van der Waals surface area (Å²) >= 11 is 2.10. The molecule has 6 rings (SSSR count). The molecule has 3 heteroatoms. The molecular formula is C28H31NSTi. The van der Waals surface area contributed by atoms with E-state index in [1.807, 2.05) is 0 Å². The van der Waals surface area contributed by atoms with Gasteiger partial charge in [-0.3, -0.25) is 0 Å². The van der Waals surface area contributed by atoms with Gasteiger partial charge in [0, 0.05) is 16.1 Å². The van der Waals surface area contributed by atoms with Crippen LogP contribution in [0.1, 0.15) is 36.8 Å². The second kappa shape index (κ2) is 9.57. The van der Waals surface area contributed by atoms with Gasteiger partial charge in [-0.2, -0.15) is 0 Å². The summed E-state index contributed by atoms with van der Waals surface area (Å²) in [6.45, 7) is 4.92. The van der Waals surface area contributed by atoms with Crippen LogP contribution in [0.3, 0.4) is 0 Å². The zero-order valence-corrected chi connectivity index (χ0v) is 21.5. The van der Waals surface area contributed by atoms with Gasteiger partial charge in [-0.05, 0) is 40.2 Å². The molecule has 0 amide bonds. The molecule has 3 aromatic carbocycles. The number of hydrogen-bond donors (Lipinski definition) is 0. The fraction of sp³-hybridized carbons (Fsp3) is 0.250. The van der Waals surface area contributed by atoms with E-state index >= 15 is 0 Å². The monoisotopic (exact) mass is 461 g/mol. The van der Waals surface area contributed by atoms with E-state index in [2.05, 4.69) is 92.3 Å². The Morgan fingerprint density at radius 3 is 2.03 bits per heavy atom. The van der Waals surface area contributed by atoms with Gasteiger partial charge in [-0.25, -0.2) is 0 Å². The fourth-order valence-corrected chi connectivity index (χ4v) is 7.52. The Morgan fingerprint density at radius 2 is 1.26 bits per heavy atom. The summed E-state index contributed by atoms with van der Waals surface area (Å²) in [5.74, 6) is 2.56. The Labute approximate surface area is 207 Å². The standard InChI is InChI=1S/C25H22NS.3CH3.Ti/c1-14-15(2)23(25-22(14)18-9-4-6-13-21(18)27-25)19-11-7-10-17-16-8-3-5-12-20(16)26-24(17)19;;;;/h3-15,22-23,25H,1-2H3;3*1H3;/q4*-1;+4. The Balaban J connectivity index is 0.000000853. The first-order chi connectivity index (χ1) is 13.2. The smallest absolute Gasteiger partial charge is 0.657 e. The number of aromatic nitrogens is 1. The zero-order chi connectivity index (χ0) is 18.1. The predicted molar refractivity (Wildman–Crippen MR) is 134 cm³/mol. The number of rotatable bonds is 1. The van der Waals surface area contributed by atoms with Crippen LogP contribution in [0.2, 0.25) is 0 Å². The maximum Gasteiger partial charge on any atom is 4.00 e. The molecular weight excluding hydrogens is 430 g/mol. The summed E-state index contributed by atoms with van der Waals surface area (Å²) in [5, 5.41) is 3.22. The van der Waals surface area contributed by atoms with E-state index < -0.39 is 0 Å². The van der Waals surface area contributed by atoms with Gasteiger partial charge in [-0.15, -0.1) is 22.8 Å². The first-order valence-electron chi connectivity index (χ1n) is 9.93.